The quantitative estimate of drug-likeness (QED) is 0.774. The predicted octanol–water partition coefficient (Wildman–Crippen LogP) is 3.33. The van der Waals surface area contributed by atoms with E-state index in [1.54, 1.807) is 6.92 Å². The van der Waals surface area contributed by atoms with E-state index in [2.05, 4.69) is 37.9 Å². The predicted molar refractivity (Wildman–Crippen MR) is 85.6 cm³/mol. The van der Waals surface area contributed by atoms with E-state index in [0.717, 1.165) is 23.1 Å². The molecule has 2 heterocycles. The summed E-state index contributed by atoms with van der Waals surface area (Å²) in [4.78, 5) is 16.6. The molecule has 0 N–H and O–H groups in total. The first-order valence-corrected chi connectivity index (χ1v) is 8.24. The maximum Gasteiger partial charge on any atom is 0.160 e. The van der Waals surface area contributed by atoms with Gasteiger partial charge in [0.05, 0.1) is 0 Å². The Kier molecular flexibility index (Phi) is 4.13. The number of nitrogens with zero attached hydrogens (tertiary/aromatic N) is 2. The summed E-state index contributed by atoms with van der Waals surface area (Å²) in [5, 5.41) is 0. The van der Waals surface area contributed by atoms with Gasteiger partial charge in [-0.05, 0) is 66.9 Å². The highest BCUT2D eigenvalue weighted by atomic mass is 79.9. The van der Waals surface area contributed by atoms with Gasteiger partial charge in [-0.1, -0.05) is 0 Å². The van der Waals surface area contributed by atoms with Crippen molar-refractivity contribution in [2.75, 3.05) is 31.1 Å². The van der Waals surface area contributed by atoms with E-state index in [1.807, 2.05) is 6.07 Å². The molecule has 108 valence electrons. The molecular formula is C16H21BrN2O. The highest BCUT2D eigenvalue weighted by molar-refractivity contribution is 9.10. The molecule has 0 aliphatic carbocycles. The van der Waals surface area contributed by atoms with Gasteiger partial charge in [0.1, 0.15) is 0 Å². The fraction of sp³-hybridized carbons (Fsp3) is 0.562. The summed E-state index contributed by atoms with van der Waals surface area (Å²) in [6, 6.07) is 6.84. The largest absolute Gasteiger partial charge is 0.370 e. The van der Waals surface area contributed by atoms with Crippen molar-refractivity contribution in [1.29, 1.82) is 0 Å². The first-order valence-electron chi connectivity index (χ1n) is 7.44. The molecule has 0 amide bonds. The van der Waals surface area contributed by atoms with Crippen molar-refractivity contribution in [3.05, 3.63) is 28.2 Å². The molecule has 3 rings (SSSR count). The Morgan fingerprint density at radius 1 is 1.25 bits per heavy atom. The summed E-state index contributed by atoms with van der Waals surface area (Å²) in [5.74, 6) is 0.112. The van der Waals surface area contributed by atoms with Crippen molar-refractivity contribution < 1.29 is 4.79 Å². The lowest BCUT2D eigenvalue weighted by atomic mass is 10.1. The van der Waals surface area contributed by atoms with Crippen LogP contribution in [0.4, 0.5) is 5.69 Å². The number of hydrogen-bond donors (Lipinski definition) is 0. The highest BCUT2D eigenvalue weighted by Crippen LogP contribution is 2.28. The van der Waals surface area contributed by atoms with Gasteiger partial charge in [-0.2, -0.15) is 0 Å². The second kappa shape index (κ2) is 5.86. The fourth-order valence-electron chi connectivity index (χ4n) is 3.43. The molecule has 20 heavy (non-hydrogen) atoms. The van der Waals surface area contributed by atoms with Crippen LogP contribution < -0.4 is 4.90 Å². The normalized spacial score (nSPS) is 23.5. The second-order valence-electron chi connectivity index (χ2n) is 5.85. The SMILES string of the molecule is CC(=O)c1ccc(N2CCCN3CCCC3C2)cc1Br. The van der Waals surface area contributed by atoms with Crippen LogP contribution in [0.3, 0.4) is 0 Å². The Hall–Kier alpha value is -0.870. The monoisotopic (exact) mass is 336 g/mol. The van der Waals surface area contributed by atoms with Crippen molar-refractivity contribution in [1.82, 2.24) is 4.90 Å². The van der Waals surface area contributed by atoms with Crippen LogP contribution >= 0.6 is 15.9 Å². The van der Waals surface area contributed by atoms with Crippen LogP contribution in [0.2, 0.25) is 0 Å². The van der Waals surface area contributed by atoms with Crippen LogP contribution in [0.5, 0.6) is 0 Å². The number of benzene rings is 1. The summed E-state index contributed by atoms with van der Waals surface area (Å²) in [6.45, 7) is 6.34. The maximum atomic E-state index is 11.5. The molecular weight excluding hydrogens is 316 g/mol. The average molecular weight is 337 g/mol. The highest BCUT2D eigenvalue weighted by Gasteiger charge is 2.28. The summed E-state index contributed by atoms with van der Waals surface area (Å²) in [7, 11) is 0. The molecule has 0 radical (unpaired) electrons. The first-order chi connectivity index (χ1) is 9.65. The molecule has 0 bridgehead atoms. The number of hydrogen-bond acceptors (Lipinski definition) is 3. The van der Waals surface area contributed by atoms with Crippen molar-refractivity contribution >= 4 is 27.4 Å². The minimum absolute atomic E-state index is 0.112. The first kappa shape index (κ1) is 14.1. The number of Topliss-reactive ketones (excluding diaryl/α,β-unsaturated/α-hetero) is 1. The van der Waals surface area contributed by atoms with E-state index in [1.165, 1.54) is 38.0 Å². The van der Waals surface area contributed by atoms with E-state index in [-0.39, 0.29) is 5.78 Å². The van der Waals surface area contributed by atoms with Crippen molar-refractivity contribution in [2.45, 2.75) is 32.2 Å². The lowest BCUT2D eigenvalue weighted by Crippen LogP contribution is -2.36. The Morgan fingerprint density at radius 3 is 2.80 bits per heavy atom. The summed E-state index contributed by atoms with van der Waals surface area (Å²) in [6.07, 6.45) is 3.89. The fourth-order valence-corrected chi connectivity index (χ4v) is 4.07. The lowest BCUT2D eigenvalue weighted by Gasteiger charge is -2.27. The van der Waals surface area contributed by atoms with E-state index >= 15 is 0 Å². The Bertz CT molecular complexity index is 517. The Labute approximate surface area is 129 Å². The summed E-state index contributed by atoms with van der Waals surface area (Å²) in [5.41, 5.74) is 2.00. The van der Waals surface area contributed by atoms with E-state index in [4.69, 9.17) is 0 Å². The van der Waals surface area contributed by atoms with E-state index < -0.39 is 0 Å². The number of carbonyl (C=O) groups is 1. The minimum Gasteiger partial charge on any atom is -0.370 e. The Balaban J connectivity index is 1.81. The van der Waals surface area contributed by atoms with E-state index in [9.17, 15) is 4.79 Å². The van der Waals surface area contributed by atoms with Gasteiger partial charge in [0, 0.05) is 41.4 Å². The molecule has 3 nitrogen and oxygen atoms in total. The molecule has 2 aliphatic heterocycles. The molecule has 2 saturated heterocycles. The van der Waals surface area contributed by atoms with Crippen molar-refractivity contribution in [3.8, 4) is 0 Å². The van der Waals surface area contributed by atoms with Crippen LogP contribution in [0.1, 0.15) is 36.5 Å². The third-order valence-corrected chi connectivity index (χ3v) is 5.16. The minimum atomic E-state index is 0.112. The maximum absolute atomic E-state index is 11.5. The molecule has 0 aromatic heterocycles. The van der Waals surface area contributed by atoms with Crippen LogP contribution in [0.15, 0.2) is 22.7 Å². The molecule has 1 aromatic rings. The number of carbonyl (C=O) groups excluding carboxylic acids is 1. The zero-order chi connectivity index (χ0) is 14.1. The smallest absolute Gasteiger partial charge is 0.160 e. The number of halogens is 1. The zero-order valence-corrected chi connectivity index (χ0v) is 13.5. The van der Waals surface area contributed by atoms with Crippen LogP contribution in [-0.2, 0) is 0 Å². The standard InChI is InChI=1S/C16H21BrN2O/c1-12(20)15-6-5-13(10-16(15)17)19-9-3-8-18-7-2-4-14(18)11-19/h5-6,10,14H,2-4,7-9,11H2,1H3. The number of fused-ring (bicyclic) bond motifs is 1. The summed E-state index contributed by atoms with van der Waals surface area (Å²) < 4.78 is 0.912. The molecule has 1 unspecified atom stereocenters. The average Bonchev–Trinajstić information content (AvgIpc) is 2.75. The molecule has 1 aromatic carbocycles. The van der Waals surface area contributed by atoms with Crippen molar-refractivity contribution in [2.24, 2.45) is 0 Å². The van der Waals surface area contributed by atoms with Gasteiger partial charge >= 0.3 is 0 Å². The number of anilines is 1. The van der Waals surface area contributed by atoms with Crippen molar-refractivity contribution in [3.63, 3.8) is 0 Å². The topological polar surface area (TPSA) is 23.6 Å². The molecule has 1 atom stereocenters. The van der Waals surface area contributed by atoms with Crippen LogP contribution in [0, 0.1) is 0 Å². The molecule has 0 spiro atoms. The van der Waals surface area contributed by atoms with Crippen LogP contribution in [0.25, 0.3) is 0 Å². The van der Waals surface area contributed by atoms with Gasteiger partial charge in [0.25, 0.3) is 0 Å². The zero-order valence-electron chi connectivity index (χ0n) is 11.9. The van der Waals surface area contributed by atoms with Crippen LogP contribution in [-0.4, -0.2) is 42.9 Å². The second-order valence-corrected chi connectivity index (χ2v) is 6.71. The lowest BCUT2D eigenvalue weighted by molar-refractivity contribution is 0.101. The van der Waals surface area contributed by atoms with Gasteiger partial charge in [0.15, 0.2) is 5.78 Å². The molecule has 2 fully saturated rings. The van der Waals surface area contributed by atoms with Gasteiger partial charge in [-0.15, -0.1) is 0 Å². The summed E-state index contributed by atoms with van der Waals surface area (Å²) >= 11 is 3.53. The third-order valence-electron chi connectivity index (χ3n) is 4.50. The van der Waals surface area contributed by atoms with Gasteiger partial charge in [-0.25, -0.2) is 0 Å². The van der Waals surface area contributed by atoms with E-state index in [0.29, 0.717) is 6.04 Å². The number of rotatable bonds is 2. The number of ketones is 1. The molecule has 2 aliphatic rings. The third kappa shape index (κ3) is 2.77. The molecule has 0 saturated carbocycles. The Morgan fingerprint density at radius 2 is 2.05 bits per heavy atom. The molecule has 4 heteroatoms. The van der Waals surface area contributed by atoms with Gasteiger partial charge in [-0.3, -0.25) is 9.69 Å². The van der Waals surface area contributed by atoms with Gasteiger partial charge < -0.3 is 4.90 Å². The van der Waals surface area contributed by atoms with Gasteiger partial charge in [0.2, 0.25) is 0 Å².